The van der Waals surface area contributed by atoms with Gasteiger partial charge < -0.3 is 24.3 Å². The van der Waals surface area contributed by atoms with Crippen LogP contribution in [0.4, 0.5) is 4.79 Å². The zero-order chi connectivity index (χ0) is 22.6. The van der Waals surface area contributed by atoms with Crippen LogP contribution in [0.25, 0.3) is 11.6 Å². The lowest BCUT2D eigenvalue weighted by molar-refractivity contribution is -0.116. The van der Waals surface area contributed by atoms with E-state index in [1.54, 1.807) is 21.1 Å². The summed E-state index contributed by atoms with van der Waals surface area (Å²) >= 11 is 0. The van der Waals surface area contributed by atoms with Gasteiger partial charge in [0.1, 0.15) is 5.75 Å². The van der Waals surface area contributed by atoms with Gasteiger partial charge in [-0.1, -0.05) is 18.2 Å². The van der Waals surface area contributed by atoms with Crippen molar-refractivity contribution in [3.8, 4) is 5.75 Å². The maximum Gasteiger partial charge on any atom is 0.513 e. The van der Waals surface area contributed by atoms with E-state index in [0.29, 0.717) is 35.5 Å². The van der Waals surface area contributed by atoms with Gasteiger partial charge in [-0.25, -0.2) is 4.79 Å². The van der Waals surface area contributed by atoms with Gasteiger partial charge in [-0.3, -0.25) is 4.79 Å². The van der Waals surface area contributed by atoms with Gasteiger partial charge in [0, 0.05) is 12.7 Å². The van der Waals surface area contributed by atoms with E-state index in [1.165, 1.54) is 0 Å². The van der Waals surface area contributed by atoms with Gasteiger partial charge in [-0.05, 0) is 63.6 Å². The normalized spacial score (nSPS) is 23.4. The first-order valence-corrected chi connectivity index (χ1v) is 10.7. The minimum Gasteiger partial charge on any atom is -0.496 e. The van der Waals surface area contributed by atoms with Crippen molar-refractivity contribution in [3.63, 3.8) is 0 Å². The summed E-state index contributed by atoms with van der Waals surface area (Å²) in [5.41, 5.74) is 1.99. The topological polar surface area (TPSA) is 83.1 Å². The molecular formula is C24H31NO6. The summed E-state index contributed by atoms with van der Waals surface area (Å²) < 4.78 is 21.9. The van der Waals surface area contributed by atoms with Crippen molar-refractivity contribution < 1.29 is 28.5 Å². The number of methoxy groups -OCH3 is 2. The fourth-order valence-electron chi connectivity index (χ4n) is 4.51. The van der Waals surface area contributed by atoms with Crippen LogP contribution in [0.1, 0.15) is 56.2 Å². The molecule has 1 heterocycles. The average Bonchev–Trinajstić information content (AvgIpc) is 2.99. The summed E-state index contributed by atoms with van der Waals surface area (Å²) in [4.78, 5) is 25.6. The van der Waals surface area contributed by atoms with Gasteiger partial charge in [0.15, 0.2) is 5.76 Å². The van der Waals surface area contributed by atoms with Crippen LogP contribution in [0.15, 0.2) is 24.0 Å². The first kappa shape index (κ1) is 22.9. The highest BCUT2D eigenvalue weighted by molar-refractivity contribution is 6.24. The molecule has 1 spiro atoms. The van der Waals surface area contributed by atoms with Gasteiger partial charge in [0.2, 0.25) is 0 Å². The number of aryl methyl sites for hydroxylation is 1. The largest absolute Gasteiger partial charge is 0.513 e. The molecule has 1 aliphatic heterocycles. The molecule has 1 amide bonds. The van der Waals surface area contributed by atoms with Crippen LogP contribution >= 0.6 is 0 Å². The van der Waals surface area contributed by atoms with E-state index in [-0.39, 0.29) is 18.6 Å². The Morgan fingerprint density at radius 3 is 2.55 bits per heavy atom. The molecule has 1 aromatic carbocycles. The second-order valence-electron chi connectivity index (χ2n) is 7.88. The highest BCUT2D eigenvalue weighted by Crippen LogP contribution is 2.46. The fourth-order valence-corrected chi connectivity index (χ4v) is 4.51. The van der Waals surface area contributed by atoms with Crippen LogP contribution in [-0.4, -0.2) is 44.5 Å². The highest BCUT2D eigenvalue weighted by atomic mass is 16.7. The molecular weight excluding hydrogens is 398 g/mol. The Hall–Kier alpha value is -2.80. The highest BCUT2D eigenvalue weighted by Gasteiger charge is 2.50. The summed E-state index contributed by atoms with van der Waals surface area (Å²) in [6.45, 7) is 5.75. The molecule has 0 radical (unpaired) electrons. The van der Waals surface area contributed by atoms with Crippen LogP contribution in [-0.2, 0) is 19.0 Å². The van der Waals surface area contributed by atoms with Crippen LogP contribution in [0.5, 0.6) is 5.75 Å². The molecule has 0 saturated heterocycles. The summed E-state index contributed by atoms with van der Waals surface area (Å²) in [6.07, 6.45) is 5.90. The molecule has 0 unspecified atom stereocenters. The number of benzene rings is 1. The Kier molecular flexibility index (Phi) is 7.05. The number of hydrogen-bond donors (Lipinski definition) is 1. The van der Waals surface area contributed by atoms with E-state index in [0.717, 1.165) is 24.0 Å². The quantitative estimate of drug-likeness (QED) is 0.676. The molecule has 1 N–H and O–H groups in total. The molecule has 0 bridgehead atoms. The van der Waals surface area contributed by atoms with Crippen LogP contribution in [0.2, 0.25) is 0 Å². The van der Waals surface area contributed by atoms with Crippen LogP contribution in [0, 0.1) is 6.92 Å². The van der Waals surface area contributed by atoms with Crippen molar-refractivity contribution in [2.75, 3.05) is 20.8 Å². The van der Waals surface area contributed by atoms with E-state index >= 15 is 0 Å². The predicted molar refractivity (Wildman–Crippen MR) is 118 cm³/mol. The third-order valence-electron chi connectivity index (χ3n) is 5.96. The Bertz CT molecular complexity index is 909. The number of hydrogen-bond acceptors (Lipinski definition) is 6. The molecule has 1 aromatic rings. The minimum absolute atomic E-state index is 0.117. The maximum absolute atomic E-state index is 13.3. The second kappa shape index (κ2) is 9.56. The second-order valence-corrected chi connectivity index (χ2v) is 7.88. The Balaban J connectivity index is 2.17. The van der Waals surface area contributed by atoms with E-state index in [9.17, 15) is 9.59 Å². The number of carbonyl (C=O) groups excluding carboxylic acids is 2. The van der Waals surface area contributed by atoms with Crippen LogP contribution < -0.4 is 10.1 Å². The summed E-state index contributed by atoms with van der Waals surface area (Å²) in [5, 5.41) is 3.11. The molecule has 31 heavy (non-hydrogen) atoms. The Morgan fingerprint density at radius 2 is 1.97 bits per heavy atom. The van der Waals surface area contributed by atoms with E-state index in [2.05, 4.69) is 5.32 Å². The monoisotopic (exact) mass is 429 g/mol. The first-order chi connectivity index (χ1) is 14.9. The number of allylic oxidation sites excluding steroid dienone is 1. The zero-order valence-electron chi connectivity index (χ0n) is 18.9. The van der Waals surface area contributed by atoms with Crippen molar-refractivity contribution in [1.82, 2.24) is 5.32 Å². The van der Waals surface area contributed by atoms with Crippen molar-refractivity contribution >= 4 is 23.7 Å². The average molecular weight is 430 g/mol. The molecule has 0 aromatic heterocycles. The molecule has 0 atom stereocenters. The third kappa shape index (κ3) is 4.46. The third-order valence-corrected chi connectivity index (χ3v) is 5.96. The number of ether oxygens (including phenoxy) is 4. The smallest absolute Gasteiger partial charge is 0.496 e. The predicted octanol–water partition coefficient (Wildman–Crippen LogP) is 4.38. The standard InChI is InChI=1S/C24H31NO6/c1-6-8-16-13-15(3)19(18(14-16)29-5)20-21(31-23(27)30-7-2)24(25-22(20)26)11-9-17(28-4)10-12-24/h6,8,13-14,17H,7,9-12H2,1-5H3,(H,25,26)/b8-6+. The summed E-state index contributed by atoms with van der Waals surface area (Å²) in [7, 11) is 3.25. The molecule has 7 heteroatoms. The Labute approximate surface area is 183 Å². The lowest BCUT2D eigenvalue weighted by atomic mass is 9.79. The summed E-state index contributed by atoms with van der Waals surface area (Å²) in [5.74, 6) is 0.576. The molecule has 3 rings (SSSR count). The number of nitrogens with one attached hydrogen (secondary N) is 1. The van der Waals surface area contributed by atoms with E-state index in [4.69, 9.17) is 18.9 Å². The molecule has 1 fully saturated rings. The van der Waals surface area contributed by atoms with Crippen LogP contribution in [0.3, 0.4) is 0 Å². The zero-order valence-corrected chi connectivity index (χ0v) is 18.9. The van der Waals surface area contributed by atoms with Crippen molar-refractivity contribution in [2.24, 2.45) is 0 Å². The molecule has 1 saturated carbocycles. The fraction of sp³-hybridized carbons (Fsp3) is 0.500. The number of amides is 1. The first-order valence-electron chi connectivity index (χ1n) is 10.7. The minimum atomic E-state index is -0.818. The number of carbonyl (C=O) groups is 2. The lowest BCUT2D eigenvalue weighted by Crippen LogP contribution is -2.49. The van der Waals surface area contributed by atoms with E-state index in [1.807, 2.05) is 38.1 Å². The van der Waals surface area contributed by atoms with Gasteiger partial charge in [0.25, 0.3) is 5.91 Å². The lowest BCUT2D eigenvalue weighted by Gasteiger charge is -2.37. The van der Waals surface area contributed by atoms with Crippen molar-refractivity contribution in [1.29, 1.82) is 0 Å². The molecule has 2 aliphatic rings. The molecule has 168 valence electrons. The SMILES string of the molecule is C/C=C/c1cc(C)c(C2=C(OC(=O)OCC)C3(CCC(OC)CC3)NC2=O)c(OC)c1. The molecule has 7 nitrogen and oxygen atoms in total. The van der Waals surface area contributed by atoms with Gasteiger partial charge in [-0.15, -0.1) is 0 Å². The molecule has 1 aliphatic carbocycles. The maximum atomic E-state index is 13.3. The van der Waals surface area contributed by atoms with E-state index < -0.39 is 11.7 Å². The van der Waals surface area contributed by atoms with Crippen molar-refractivity contribution in [3.05, 3.63) is 40.7 Å². The summed E-state index contributed by atoms with van der Waals surface area (Å²) in [6, 6.07) is 3.85. The Morgan fingerprint density at radius 1 is 1.26 bits per heavy atom. The van der Waals surface area contributed by atoms with Gasteiger partial charge in [0.05, 0.1) is 30.9 Å². The number of rotatable bonds is 6. The van der Waals surface area contributed by atoms with Gasteiger partial charge >= 0.3 is 6.16 Å². The van der Waals surface area contributed by atoms with Gasteiger partial charge in [-0.2, -0.15) is 0 Å². The van der Waals surface area contributed by atoms with Crippen molar-refractivity contribution in [2.45, 2.75) is 58.1 Å².